The first-order valence-corrected chi connectivity index (χ1v) is 6.59. The van der Waals surface area contributed by atoms with Crippen LogP contribution in [0, 0.1) is 0 Å². The molecule has 2 aromatic carbocycles. The second kappa shape index (κ2) is 4.84. The van der Waals surface area contributed by atoms with E-state index in [1.54, 1.807) is 0 Å². The molecule has 2 N–H and O–H groups in total. The molecule has 19 heavy (non-hydrogen) atoms. The van der Waals surface area contributed by atoms with Crippen molar-refractivity contribution in [2.45, 2.75) is 12.8 Å². The van der Waals surface area contributed by atoms with E-state index < -0.39 is 0 Å². The van der Waals surface area contributed by atoms with Crippen molar-refractivity contribution >= 4 is 17.1 Å². The Bertz CT molecular complexity index is 595. The minimum absolute atomic E-state index is 0.791. The van der Waals surface area contributed by atoms with Crippen LogP contribution in [0.4, 0.5) is 17.1 Å². The van der Waals surface area contributed by atoms with Crippen molar-refractivity contribution in [2.24, 2.45) is 0 Å². The Morgan fingerprint density at radius 2 is 2.00 bits per heavy atom. The zero-order valence-corrected chi connectivity index (χ0v) is 11.1. The largest absolute Gasteiger partial charge is 0.493 e. The van der Waals surface area contributed by atoms with Crippen molar-refractivity contribution in [1.29, 1.82) is 0 Å². The fourth-order valence-electron chi connectivity index (χ4n) is 2.49. The van der Waals surface area contributed by atoms with Gasteiger partial charge in [0.25, 0.3) is 0 Å². The van der Waals surface area contributed by atoms with Crippen LogP contribution in [-0.2, 0) is 6.42 Å². The lowest BCUT2D eigenvalue weighted by Crippen LogP contribution is -2.13. The lowest BCUT2D eigenvalue weighted by atomic mass is 10.1. The van der Waals surface area contributed by atoms with E-state index in [1.165, 1.54) is 5.56 Å². The number of nitrogen functional groups attached to an aromatic ring is 1. The highest BCUT2D eigenvalue weighted by Gasteiger charge is 2.13. The highest BCUT2D eigenvalue weighted by atomic mass is 16.5. The van der Waals surface area contributed by atoms with E-state index >= 15 is 0 Å². The van der Waals surface area contributed by atoms with Crippen LogP contribution < -0.4 is 15.4 Å². The van der Waals surface area contributed by atoms with E-state index in [1.807, 2.05) is 31.3 Å². The molecular formula is C16H18N2O. The molecule has 0 radical (unpaired) electrons. The quantitative estimate of drug-likeness (QED) is 0.835. The van der Waals surface area contributed by atoms with Gasteiger partial charge >= 0.3 is 0 Å². The average molecular weight is 254 g/mol. The second-order valence-electron chi connectivity index (χ2n) is 4.86. The minimum atomic E-state index is 0.791. The zero-order chi connectivity index (χ0) is 13.2. The lowest BCUT2D eigenvalue weighted by Gasteiger charge is -2.24. The van der Waals surface area contributed by atoms with Crippen molar-refractivity contribution in [1.82, 2.24) is 0 Å². The number of fused-ring (bicyclic) bond motifs is 1. The predicted molar refractivity (Wildman–Crippen MR) is 79.2 cm³/mol. The molecule has 1 aliphatic heterocycles. The van der Waals surface area contributed by atoms with Crippen molar-refractivity contribution < 1.29 is 4.74 Å². The van der Waals surface area contributed by atoms with Crippen molar-refractivity contribution in [3.63, 3.8) is 0 Å². The van der Waals surface area contributed by atoms with E-state index in [2.05, 4.69) is 23.1 Å². The van der Waals surface area contributed by atoms with Gasteiger partial charge in [0.1, 0.15) is 5.75 Å². The van der Waals surface area contributed by atoms with Crippen LogP contribution in [0.3, 0.4) is 0 Å². The number of nitrogens with two attached hydrogens (primary N) is 1. The highest BCUT2D eigenvalue weighted by Crippen LogP contribution is 2.33. The fraction of sp³-hybridized carbons (Fsp3) is 0.250. The fourth-order valence-corrected chi connectivity index (χ4v) is 2.49. The van der Waals surface area contributed by atoms with E-state index in [0.29, 0.717) is 0 Å². The first kappa shape index (κ1) is 11.9. The van der Waals surface area contributed by atoms with Crippen LogP contribution >= 0.6 is 0 Å². The smallest absolute Gasteiger partial charge is 0.122 e. The molecule has 3 nitrogen and oxygen atoms in total. The maximum atomic E-state index is 6.03. The van der Waals surface area contributed by atoms with E-state index in [-0.39, 0.29) is 0 Å². The topological polar surface area (TPSA) is 38.5 Å². The van der Waals surface area contributed by atoms with Crippen LogP contribution in [0.15, 0.2) is 42.5 Å². The molecule has 0 saturated heterocycles. The number of para-hydroxylation sites is 2. The zero-order valence-electron chi connectivity index (χ0n) is 11.1. The molecule has 0 saturated carbocycles. The molecule has 0 spiro atoms. The minimum Gasteiger partial charge on any atom is -0.493 e. The van der Waals surface area contributed by atoms with Gasteiger partial charge in [0, 0.05) is 12.7 Å². The van der Waals surface area contributed by atoms with Crippen molar-refractivity contribution in [2.75, 3.05) is 24.3 Å². The molecule has 0 bridgehead atoms. The van der Waals surface area contributed by atoms with Gasteiger partial charge in [-0.05, 0) is 48.7 Å². The molecule has 3 heteroatoms. The number of anilines is 3. The van der Waals surface area contributed by atoms with Crippen molar-refractivity contribution in [3.8, 4) is 5.75 Å². The summed E-state index contributed by atoms with van der Waals surface area (Å²) in [5.74, 6) is 1.02. The van der Waals surface area contributed by atoms with Crippen LogP contribution in [-0.4, -0.2) is 13.7 Å². The number of benzene rings is 2. The van der Waals surface area contributed by atoms with Gasteiger partial charge in [0.05, 0.1) is 18.0 Å². The maximum absolute atomic E-state index is 6.03. The second-order valence-corrected chi connectivity index (χ2v) is 4.86. The summed E-state index contributed by atoms with van der Waals surface area (Å²) >= 11 is 0. The van der Waals surface area contributed by atoms with Crippen LogP contribution in [0.1, 0.15) is 12.0 Å². The molecule has 1 heterocycles. The monoisotopic (exact) mass is 254 g/mol. The third-order valence-corrected chi connectivity index (χ3v) is 3.58. The molecule has 2 aromatic rings. The van der Waals surface area contributed by atoms with Crippen molar-refractivity contribution in [3.05, 3.63) is 48.0 Å². The summed E-state index contributed by atoms with van der Waals surface area (Å²) in [4.78, 5) is 2.12. The highest BCUT2D eigenvalue weighted by molar-refractivity contribution is 5.74. The number of aryl methyl sites for hydroxylation is 1. The Balaban J connectivity index is 1.96. The summed E-state index contributed by atoms with van der Waals surface area (Å²) in [5, 5.41) is 0. The third kappa shape index (κ3) is 2.24. The Morgan fingerprint density at radius 1 is 1.16 bits per heavy atom. The van der Waals surface area contributed by atoms with Gasteiger partial charge in [-0.2, -0.15) is 0 Å². The number of hydrogen-bond donors (Lipinski definition) is 1. The molecule has 0 atom stereocenters. The van der Waals surface area contributed by atoms with Crippen LogP contribution in [0.5, 0.6) is 5.75 Å². The predicted octanol–water partition coefficient (Wildman–Crippen LogP) is 3.36. The summed E-state index contributed by atoms with van der Waals surface area (Å²) in [6, 6.07) is 14.2. The van der Waals surface area contributed by atoms with Gasteiger partial charge in [-0.3, -0.25) is 0 Å². The number of ether oxygens (including phenoxy) is 1. The molecule has 98 valence electrons. The standard InChI is InChI=1S/C16H18N2O/c1-18(15-7-3-2-6-14(15)17)13-8-9-16-12(11-13)5-4-10-19-16/h2-3,6-9,11H,4-5,10,17H2,1H3. The van der Waals surface area contributed by atoms with Gasteiger partial charge < -0.3 is 15.4 Å². The normalized spacial score (nSPS) is 13.5. The summed E-state index contributed by atoms with van der Waals surface area (Å²) in [5.41, 5.74) is 10.3. The SMILES string of the molecule is CN(c1ccc2c(c1)CCCO2)c1ccccc1N. The Kier molecular flexibility index (Phi) is 3.03. The number of hydrogen-bond acceptors (Lipinski definition) is 3. The average Bonchev–Trinajstić information content (AvgIpc) is 2.46. The first-order valence-electron chi connectivity index (χ1n) is 6.59. The first-order chi connectivity index (χ1) is 9.25. The van der Waals surface area contributed by atoms with Crippen LogP contribution in [0.2, 0.25) is 0 Å². The molecule has 0 aliphatic carbocycles. The molecule has 0 unspecified atom stereocenters. The molecular weight excluding hydrogens is 236 g/mol. The van der Waals surface area contributed by atoms with Gasteiger partial charge in [0.2, 0.25) is 0 Å². The summed E-state index contributed by atoms with van der Waals surface area (Å²) in [6.45, 7) is 0.827. The number of nitrogens with zero attached hydrogens (tertiary/aromatic N) is 1. The van der Waals surface area contributed by atoms with Gasteiger partial charge in [0.15, 0.2) is 0 Å². The number of rotatable bonds is 2. The molecule has 0 fully saturated rings. The molecule has 1 aliphatic rings. The molecule has 3 rings (SSSR count). The summed E-state index contributed by atoms with van der Waals surface area (Å²) < 4.78 is 5.64. The Labute approximate surface area is 113 Å². The Morgan fingerprint density at radius 3 is 2.84 bits per heavy atom. The molecule has 0 amide bonds. The van der Waals surface area contributed by atoms with E-state index in [9.17, 15) is 0 Å². The lowest BCUT2D eigenvalue weighted by molar-refractivity contribution is 0.288. The van der Waals surface area contributed by atoms with E-state index in [4.69, 9.17) is 10.5 Å². The van der Waals surface area contributed by atoms with Gasteiger partial charge in [-0.1, -0.05) is 12.1 Å². The van der Waals surface area contributed by atoms with Gasteiger partial charge in [-0.25, -0.2) is 0 Å². The maximum Gasteiger partial charge on any atom is 0.122 e. The third-order valence-electron chi connectivity index (χ3n) is 3.58. The van der Waals surface area contributed by atoms with E-state index in [0.717, 1.165) is 42.3 Å². The Hall–Kier alpha value is -2.16. The van der Waals surface area contributed by atoms with Gasteiger partial charge in [-0.15, -0.1) is 0 Å². The molecule has 0 aromatic heterocycles. The van der Waals surface area contributed by atoms with Crippen LogP contribution in [0.25, 0.3) is 0 Å². The summed E-state index contributed by atoms with van der Waals surface area (Å²) in [7, 11) is 2.04. The summed E-state index contributed by atoms with van der Waals surface area (Å²) in [6.07, 6.45) is 2.18.